The molecule has 0 radical (unpaired) electrons. The molecule has 1 aromatic rings. The third kappa shape index (κ3) is 4.80. The van der Waals surface area contributed by atoms with Crippen LogP contribution in [0.4, 0.5) is 19.3 Å². The Morgan fingerprint density at radius 1 is 1.32 bits per heavy atom. The summed E-state index contributed by atoms with van der Waals surface area (Å²) in [4.78, 5) is 22.1. The van der Waals surface area contributed by atoms with Gasteiger partial charge in [0.2, 0.25) is 6.20 Å². The van der Waals surface area contributed by atoms with E-state index in [0.29, 0.717) is 12.3 Å². The van der Waals surface area contributed by atoms with Crippen LogP contribution in [0.15, 0.2) is 18.3 Å². The van der Waals surface area contributed by atoms with Crippen LogP contribution in [0.3, 0.4) is 0 Å². The molecule has 0 saturated carbocycles. The zero-order valence-electron chi connectivity index (χ0n) is 12.6. The molecule has 8 heteroatoms. The zero-order valence-corrected chi connectivity index (χ0v) is 12.6. The highest BCUT2D eigenvalue weighted by Gasteiger charge is 2.22. The molecule has 22 heavy (non-hydrogen) atoms. The predicted octanol–water partition coefficient (Wildman–Crippen LogP) is 3.58. The summed E-state index contributed by atoms with van der Waals surface area (Å²) in [5.41, 5.74) is -1.38. The Labute approximate surface area is 126 Å². The van der Waals surface area contributed by atoms with Gasteiger partial charge in [0.1, 0.15) is 17.2 Å². The summed E-state index contributed by atoms with van der Waals surface area (Å²) in [6, 6.07) is 1.79. The lowest BCUT2D eigenvalue weighted by molar-refractivity contribution is -0.401. The summed E-state index contributed by atoms with van der Waals surface area (Å²) in [5, 5.41) is 10.2. The summed E-state index contributed by atoms with van der Waals surface area (Å²) in [7, 11) is 1.30. The number of amides is 1. The minimum absolute atomic E-state index is 0.0671. The second-order valence-electron chi connectivity index (χ2n) is 5.46. The number of rotatable bonds is 3. The van der Waals surface area contributed by atoms with Gasteiger partial charge < -0.3 is 4.74 Å². The lowest BCUT2D eigenvalue weighted by Gasteiger charge is -2.24. The highest BCUT2D eigenvalue weighted by Crippen LogP contribution is 2.24. The number of carbonyl (C=O) groups is 1. The lowest BCUT2D eigenvalue weighted by atomic mass is 10.1. The molecule has 6 nitrogen and oxygen atoms in total. The molecule has 0 aliphatic heterocycles. The molecule has 0 spiro atoms. The maximum absolute atomic E-state index is 13.8. The molecule has 1 rings (SSSR count). The van der Waals surface area contributed by atoms with Crippen LogP contribution in [0, 0.1) is 21.7 Å². The van der Waals surface area contributed by atoms with E-state index in [1.165, 1.54) is 7.05 Å². The SMILES string of the molecule is CN(C(=O)OC(C)(C)C)c1cc(F)c(C=C[N+](=O)[O-])c(F)c1. The van der Waals surface area contributed by atoms with E-state index in [9.17, 15) is 23.7 Å². The normalized spacial score (nSPS) is 11.5. The molecular weight excluding hydrogens is 298 g/mol. The molecule has 0 bridgehead atoms. The first kappa shape index (κ1) is 17.5. The van der Waals surface area contributed by atoms with Gasteiger partial charge in [-0.05, 0) is 32.9 Å². The van der Waals surface area contributed by atoms with E-state index in [1.54, 1.807) is 20.8 Å². The summed E-state index contributed by atoms with van der Waals surface area (Å²) < 4.78 is 32.7. The van der Waals surface area contributed by atoms with Gasteiger partial charge in [-0.15, -0.1) is 0 Å². The van der Waals surface area contributed by atoms with Crippen molar-refractivity contribution in [3.63, 3.8) is 0 Å². The maximum atomic E-state index is 13.8. The van der Waals surface area contributed by atoms with E-state index in [2.05, 4.69) is 0 Å². The van der Waals surface area contributed by atoms with Crippen molar-refractivity contribution >= 4 is 17.9 Å². The highest BCUT2D eigenvalue weighted by molar-refractivity contribution is 5.87. The summed E-state index contributed by atoms with van der Waals surface area (Å²) in [6.07, 6.45) is 0.362. The Kier molecular flexibility index (Phi) is 5.19. The van der Waals surface area contributed by atoms with Crippen LogP contribution in [0.2, 0.25) is 0 Å². The number of ether oxygens (including phenoxy) is 1. The van der Waals surface area contributed by atoms with Crippen LogP contribution in [-0.2, 0) is 4.74 Å². The number of hydrogen-bond acceptors (Lipinski definition) is 4. The van der Waals surface area contributed by atoms with E-state index >= 15 is 0 Å². The van der Waals surface area contributed by atoms with E-state index in [0.717, 1.165) is 17.0 Å². The Bertz CT molecular complexity index is 601. The number of anilines is 1. The Morgan fingerprint density at radius 3 is 2.23 bits per heavy atom. The largest absolute Gasteiger partial charge is 0.443 e. The minimum Gasteiger partial charge on any atom is -0.443 e. The molecular formula is C14H16F2N2O4. The summed E-state index contributed by atoms with van der Waals surface area (Å²) in [5.74, 6) is -2.05. The van der Waals surface area contributed by atoms with Gasteiger partial charge in [0.15, 0.2) is 0 Å². The van der Waals surface area contributed by atoms with Gasteiger partial charge in [-0.25, -0.2) is 13.6 Å². The fourth-order valence-corrected chi connectivity index (χ4v) is 1.49. The number of halogens is 2. The van der Waals surface area contributed by atoms with Crippen LogP contribution in [0.5, 0.6) is 0 Å². The van der Waals surface area contributed by atoms with Gasteiger partial charge in [0.05, 0.1) is 16.2 Å². The van der Waals surface area contributed by atoms with Crippen LogP contribution >= 0.6 is 0 Å². The van der Waals surface area contributed by atoms with E-state index in [-0.39, 0.29) is 5.69 Å². The van der Waals surface area contributed by atoms with Gasteiger partial charge >= 0.3 is 6.09 Å². The summed E-state index contributed by atoms with van der Waals surface area (Å²) in [6.45, 7) is 4.97. The number of benzene rings is 1. The average Bonchev–Trinajstić information content (AvgIpc) is 2.34. The summed E-state index contributed by atoms with van der Waals surface area (Å²) >= 11 is 0. The molecule has 1 aromatic carbocycles. The molecule has 0 N–H and O–H groups in total. The van der Waals surface area contributed by atoms with Crippen molar-refractivity contribution in [2.75, 3.05) is 11.9 Å². The molecule has 0 aliphatic rings. The lowest BCUT2D eigenvalue weighted by Crippen LogP contribution is -2.34. The van der Waals surface area contributed by atoms with Crippen LogP contribution < -0.4 is 4.90 Å². The quantitative estimate of drug-likeness (QED) is 0.631. The fourth-order valence-electron chi connectivity index (χ4n) is 1.49. The molecule has 0 unspecified atom stereocenters. The average molecular weight is 314 g/mol. The van der Waals surface area contributed by atoms with Crippen LogP contribution in [0.1, 0.15) is 26.3 Å². The van der Waals surface area contributed by atoms with E-state index in [4.69, 9.17) is 4.74 Å². The second-order valence-corrected chi connectivity index (χ2v) is 5.46. The monoisotopic (exact) mass is 314 g/mol. The molecule has 0 heterocycles. The molecule has 0 saturated heterocycles. The predicted molar refractivity (Wildman–Crippen MR) is 77.0 cm³/mol. The van der Waals surface area contributed by atoms with Crippen molar-refractivity contribution in [2.24, 2.45) is 0 Å². The third-order valence-corrected chi connectivity index (χ3v) is 2.48. The van der Waals surface area contributed by atoms with Crippen molar-refractivity contribution in [1.82, 2.24) is 0 Å². The first-order chi connectivity index (χ1) is 10.0. The van der Waals surface area contributed by atoms with Crippen molar-refractivity contribution in [2.45, 2.75) is 26.4 Å². The second kappa shape index (κ2) is 6.50. The molecule has 1 amide bonds. The highest BCUT2D eigenvalue weighted by atomic mass is 19.1. The fraction of sp³-hybridized carbons (Fsp3) is 0.357. The first-order valence-electron chi connectivity index (χ1n) is 6.28. The number of hydrogen-bond donors (Lipinski definition) is 0. The minimum atomic E-state index is -1.02. The van der Waals surface area contributed by atoms with Gasteiger partial charge in [-0.1, -0.05) is 0 Å². The van der Waals surface area contributed by atoms with Gasteiger partial charge in [0.25, 0.3) is 0 Å². The smallest absolute Gasteiger partial charge is 0.414 e. The number of nitro groups is 1. The van der Waals surface area contributed by atoms with E-state index < -0.39 is 33.8 Å². The third-order valence-electron chi connectivity index (χ3n) is 2.48. The first-order valence-corrected chi connectivity index (χ1v) is 6.28. The molecule has 0 aliphatic carbocycles. The molecule has 0 aromatic heterocycles. The topological polar surface area (TPSA) is 72.7 Å². The van der Waals surface area contributed by atoms with Crippen molar-refractivity contribution < 1.29 is 23.2 Å². The standard InChI is InChI=1S/C14H16F2N2O4/c1-14(2,3)22-13(19)17(4)9-7-11(15)10(12(16)8-9)5-6-18(20)21/h5-8H,1-4H3. The Hall–Kier alpha value is -2.51. The van der Waals surface area contributed by atoms with E-state index in [1.807, 2.05) is 0 Å². The molecule has 0 fully saturated rings. The zero-order chi connectivity index (χ0) is 17.1. The van der Waals surface area contributed by atoms with Crippen molar-refractivity contribution in [3.8, 4) is 0 Å². The molecule has 0 atom stereocenters. The Balaban J connectivity index is 3.08. The maximum Gasteiger partial charge on any atom is 0.414 e. The van der Waals surface area contributed by atoms with Crippen LogP contribution in [-0.4, -0.2) is 23.7 Å². The van der Waals surface area contributed by atoms with Crippen molar-refractivity contribution in [3.05, 3.63) is 45.6 Å². The molecule has 120 valence electrons. The van der Waals surface area contributed by atoms with Crippen molar-refractivity contribution in [1.29, 1.82) is 0 Å². The number of carbonyl (C=O) groups excluding carboxylic acids is 1. The number of nitrogens with zero attached hydrogens (tertiary/aromatic N) is 2. The van der Waals surface area contributed by atoms with Gasteiger partial charge in [-0.2, -0.15) is 0 Å². The Morgan fingerprint density at radius 2 is 1.82 bits per heavy atom. The van der Waals surface area contributed by atoms with Gasteiger partial charge in [-0.3, -0.25) is 15.0 Å². The van der Waals surface area contributed by atoms with Crippen LogP contribution in [0.25, 0.3) is 6.08 Å². The van der Waals surface area contributed by atoms with Gasteiger partial charge in [0, 0.05) is 13.1 Å².